The van der Waals surface area contributed by atoms with Crippen LogP contribution in [0.1, 0.15) is 56.8 Å². The topological polar surface area (TPSA) is 82.6 Å². The molecule has 32 heavy (non-hydrogen) atoms. The first-order valence-corrected chi connectivity index (χ1v) is 11.5. The van der Waals surface area contributed by atoms with E-state index in [4.69, 9.17) is 4.74 Å². The molecule has 1 aliphatic rings. The third-order valence-electron chi connectivity index (χ3n) is 6.03. The van der Waals surface area contributed by atoms with Crippen molar-refractivity contribution in [3.05, 3.63) is 59.2 Å². The molecule has 0 fully saturated rings. The number of rotatable bonds is 9. The molecule has 0 bridgehead atoms. The van der Waals surface area contributed by atoms with Crippen LogP contribution in [0, 0.1) is 0 Å². The molecule has 0 saturated heterocycles. The number of hydrogen-bond acceptors (Lipinski definition) is 5. The summed E-state index contributed by atoms with van der Waals surface area (Å²) in [6.45, 7) is 8.17. The van der Waals surface area contributed by atoms with Crippen molar-refractivity contribution in [2.24, 2.45) is 0 Å². The van der Waals surface area contributed by atoms with Crippen LogP contribution in [-0.2, 0) is 17.6 Å². The number of nitrogens with one attached hydrogen (secondary N) is 3. The molecule has 0 radical (unpaired) electrons. The van der Waals surface area contributed by atoms with E-state index in [1.807, 2.05) is 37.4 Å². The second kappa shape index (κ2) is 10.4. The quantitative estimate of drug-likeness (QED) is 0.480. The minimum absolute atomic E-state index is 0.0386. The van der Waals surface area contributed by atoms with Gasteiger partial charge in [0.2, 0.25) is 5.91 Å². The summed E-state index contributed by atoms with van der Waals surface area (Å²) in [6, 6.07) is 13.9. The smallest absolute Gasteiger partial charge is 0.217 e. The molecule has 1 aliphatic heterocycles. The van der Waals surface area contributed by atoms with Crippen LogP contribution in [-0.4, -0.2) is 42.4 Å². The minimum atomic E-state index is -0.730. The second-order valence-electron chi connectivity index (χ2n) is 9.26. The molecule has 174 valence electrons. The van der Waals surface area contributed by atoms with Crippen molar-refractivity contribution in [3.63, 3.8) is 0 Å². The van der Waals surface area contributed by atoms with Gasteiger partial charge in [-0.15, -0.1) is 0 Å². The third-order valence-corrected chi connectivity index (χ3v) is 6.03. The molecule has 1 heterocycles. The Kier molecular flexibility index (Phi) is 7.80. The van der Waals surface area contributed by atoms with Crippen molar-refractivity contribution >= 4 is 11.6 Å². The van der Waals surface area contributed by atoms with Gasteiger partial charge in [-0.2, -0.15) is 0 Å². The van der Waals surface area contributed by atoms with Gasteiger partial charge in [0.25, 0.3) is 0 Å². The van der Waals surface area contributed by atoms with Crippen molar-refractivity contribution in [2.75, 3.05) is 18.9 Å². The number of aliphatic hydroxyl groups excluding tert-OH is 1. The maximum Gasteiger partial charge on any atom is 0.217 e. The Morgan fingerprint density at radius 1 is 1.22 bits per heavy atom. The fourth-order valence-corrected chi connectivity index (χ4v) is 4.40. The van der Waals surface area contributed by atoms with E-state index in [1.54, 1.807) is 0 Å². The highest BCUT2D eigenvalue weighted by Crippen LogP contribution is 2.44. The van der Waals surface area contributed by atoms with E-state index in [9.17, 15) is 9.90 Å². The first-order chi connectivity index (χ1) is 15.2. The van der Waals surface area contributed by atoms with Gasteiger partial charge < -0.3 is 25.8 Å². The molecular weight excluding hydrogens is 402 g/mol. The second-order valence-corrected chi connectivity index (χ2v) is 9.26. The molecule has 0 saturated carbocycles. The van der Waals surface area contributed by atoms with Crippen LogP contribution in [0.2, 0.25) is 0 Å². The lowest BCUT2D eigenvalue weighted by atomic mass is 9.87. The van der Waals surface area contributed by atoms with Crippen molar-refractivity contribution in [3.8, 4) is 5.75 Å². The van der Waals surface area contributed by atoms with Crippen molar-refractivity contribution in [1.29, 1.82) is 0 Å². The highest BCUT2D eigenvalue weighted by atomic mass is 16.5. The number of ether oxygens (including phenoxy) is 1. The minimum Gasteiger partial charge on any atom is -0.485 e. The molecule has 6 nitrogen and oxygen atoms in total. The fraction of sp³-hybridized carbons (Fsp3) is 0.500. The Morgan fingerprint density at radius 3 is 2.56 bits per heavy atom. The zero-order valence-electron chi connectivity index (χ0n) is 19.9. The van der Waals surface area contributed by atoms with E-state index in [-0.39, 0.29) is 23.6 Å². The summed E-state index contributed by atoms with van der Waals surface area (Å²) in [5.74, 6) is 0.726. The molecule has 2 aromatic carbocycles. The molecular formula is C26H37N3O3. The number of benzene rings is 2. The number of anilines is 1. The first-order valence-electron chi connectivity index (χ1n) is 11.5. The molecule has 1 amide bonds. The molecule has 3 atom stereocenters. The maximum absolute atomic E-state index is 11.8. The molecule has 0 aliphatic carbocycles. The zero-order chi connectivity index (χ0) is 23.3. The highest BCUT2D eigenvalue weighted by molar-refractivity contribution is 5.73. The van der Waals surface area contributed by atoms with E-state index >= 15 is 0 Å². The van der Waals surface area contributed by atoms with Gasteiger partial charge >= 0.3 is 0 Å². The van der Waals surface area contributed by atoms with Crippen LogP contribution in [0.3, 0.4) is 0 Å². The van der Waals surface area contributed by atoms with Crippen LogP contribution in [0.15, 0.2) is 42.5 Å². The van der Waals surface area contributed by atoms with Gasteiger partial charge in [0.15, 0.2) is 0 Å². The summed E-state index contributed by atoms with van der Waals surface area (Å²) in [7, 11) is 1.91. The lowest BCUT2D eigenvalue weighted by Crippen LogP contribution is -2.49. The number of carbonyl (C=O) groups is 1. The Balaban J connectivity index is 1.79. The number of aryl methyl sites for hydroxylation is 1. The largest absolute Gasteiger partial charge is 0.485 e. The fourth-order valence-electron chi connectivity index (χ4n) is 4.40. The average Bonchev–Trinajstić information content (AvgIpc) is 2.76. The Morgan fingerprint density at radius 2 is 1.94 bits per heavy atom. The van der Waals surface area contributed by atoms with Crippen LogP contribution in [0.25, 0.3) is 0 Å². The standard InChI is InChI=1S/C26H37N3O3/c1-6-18-12-20-23(15-26(3,4)32-25(20)22(13-18)27-5)28-16-24(31)21(29-17(2)30)14-19-10-8-7-9-11-19/h7-13,21,23-24,27-28,31H,6,14-16H2,1-5H3,(H,29,30)/t21-,23-,24-/m0/s1. The van der Waals surface area contributed by atoms with Crippen molar-refractivity contribution < 1.29 is 14.6 Å². The van der Waals surface area contributed by atoms with E-state index < -0.39 is 6.10 Å². The van der Waals surface area contributed by atoms with E-state index in [2.05, 4.69) is 48.9 Å². The summed E-state index contributed by atoms with van der Waals surface area (Å²) in [5.41, 5.74) is 4.08. The van der Waals surface area contributed by atoms with Crippen LogP contribution >= 0.6 is 0 Å². The van der Waals surface area contributed by atoms with Crippen LogP contribution < -0.4 is 20.7 Å². The van der Waals surface area contributed by atoms with Gasteiger partial charge in [-0.05, 0) is 43.9 Å². The van der Waals surface area contributed by atoms with Crippen molar-refractivity contribution in [2.45, 2.75) is 70.7 Å². The predicted molar refractivity (Wildman–Crippen MR) is 129 cm³/mol. The Labute approximate surface area is 191 Å². The highest BCUT2D eigenvalue weighted by Gasteiger charge is 2.36. The number of amides is 1. The molecule has 3 rings (SSSR count). The monoisotopic (exact) mass is 439 g/mol. The molecule has 2 aromatic rings. The Hall–Kier alpha value is -2.57. The molecule has 0 spiro atoms. The van der Waals surface area contributed by atoms with Crippen LogP contribution in [0.4, 0.5) is 5.69 Å². The number of carbonyl (C=O) groups excluding carboxylic acids is 1. The Bertz CT molecular complexity index is 914. The van der Waals surface area contributed by atoms with Gasteiger partial charge in [0.1, 0.15) is 11.4 Å². The predicted octanol–water partition coefficient (Wildman–Crippen LogP) is 3.59. The summed E-state index contributed by atoms with van der Waals surface area (Å²) in [5, 5.41) is 20.8. The number of fused-ring (bicyclic) bond motifs is 1. The lowest BCUT2D eigenvalue weighted by molar-refractivity contribution is -0.120. The lowest BCUT2D eigenvalue weighted by Gasteiger charge is -2.39. The van der Waals surface area contributed by atoms with Gasteiger partial charge in [0, 0.05) is 38.5 Å². The molecule has 0 aromatic heterocycles. The average molecular weight is 440 g/mol. The van der Waals surface area contributed by atoms with Gasteiger partial charge in [0.05, 0.1) is 17.8 Å². The summed E-state index contributed by atoms with van der Waals surface area (Å²) in [6.07, 6.45) is 1.56. The number of hydrogen-bond donors (Lipinski definition) is 4. The maximum atomic E-state index is 11.8. The van der Waals surface area contributed by atoms with Gasteiger partial charge in [-0.3, -0.25) is 4.79 Å². The van der Waals surface area contributed by atoms with Gasteiger partial charge in [-0.25, -0.2) is 0 Å². The SMILES string of the molecule is CCc1cc(NC)c2c(c1)[C@@H](NC[C@H](O)[C@H](Cc1ccccc1)NC(C)=O)CC(C)(C)O2. The summed E-state index contributed by atoms with van der Waals surface area (Å²) < 4.78 is 6.33. The van der Waals surface area contributed by atoms with Crippen LogP contribution in [0.5, 0.6) is 5.75 Å². The molecule has 6 heteroatoms. The molecule has 0 unspecified atom stereocenters. The normalized spacial score (nSPS) is 18.8. The third kappa shape index (κ3) is 6.02. The summed E-state index contributed by atoms with van der Waals surface area (Å²) >= 11 is 0. The van der Waals surface area contributed by atoms with E-state index in [1.165, 1.54) is 12.5 Å². The first kappa shape index (κ1) is 24.1. The molecule has 4 N–H and O–H groups in total. The number of aliphatic hydroxyl groups is 1. The zero-order valence-corrected chi connectivity index (χ0v) is 19.9. The van der Waals surface area contributed by atoms with E-state index in [0.29, 0.717) is 13.0 Å². The summed E-state index contributed by atoms with van der Waals surface area (Å²) in [4.78, 5) is 11.8. The van der Waals surface area contributed by atoms with Gasteiger partial charge in [-0.1, -0.05) is 43.3 Å². The van der Waals surface area contributed by atoms with Crippen molar-refractivity contribution in [1.82, 2.24) is 10.6 Å². The van der Waals surface area contributed by atoms with E-state index in [0.717, 1.165) is 35.4 Å².